The van der Waals surface area contributed by atoms with Crippen molar-refractivity contribution in [1.82, 2.24) is 19.4 Å². The minimum Gasteiger partial charge on any atom is -0.390 e. The SMILES string of the molecule is O=C(Cn1cnc2ccccc21)N1C[C@H](O)[C@@H](N2CCCC2)C1. The topological polar surface area (TPSA) is 61.6 Å². The lowest BCUT2D eigenvalue weighted by Crippen LogP contribution is -2.41. The third kappa shape index (κ3) is 2.72. The summed E-state index contributed by atoms with van der Waals surface area (Å²) in [6.07, 6.45) is 3.67. The molecule has 2 atom stereocenters. The van der Waals surface area contributed by atoms with E-state index in [1.54, 1.807) is 11.2 Å². The summed E-state index contributed by atoms with van der Waals surface area (Å²) in [5.41, 5.74) is 1.87. The van der Waals surface area contributed by atoms with Crippen molar-refractivity contribution in [3.05, 3.63) is 30.6 Å². The van der Waals surface area contributed by atoms with Gasteiger partial charge in [-0.3, -0.25) is 9.69 Å². The number of carbonyl (C=O) groups is 1. The van der Waals surface area contributed by atoms with Crippen LogP contribution < -0.4 is 0 Å². The fraction of sp³-hybridized carbons (Fsp3) is 0.529. The number of aliphatic hydroxyl groups excluding tert-OH is 1. The Hall–Kier alpha value is -1.92. The number of hydrogen-bond donors (Lipinski definition) is 1. The van der Waals surface area contributed by atoms with Crippen LogP contribution in [0.3, 0.4) is 0 Å². The number of likely N-dealkylation sites (tertiary alicyclic amines) is 2. The van der Waals surface area contributed by atoms with E-state index in [0.29, 0.717) is 13.1 Å². The molecule has 0 saturated carbocycles. The normalized spacial score (nSPS) is 25.5. The number of nitrogens with zero attached hydrogens (tertiary/aromatic N) is 4. The first-order valence-corrected chi connectivity index (χ1v) is 8.32. The summed E-state index contributed by atoms with van der Waals surface area (Å²) in [6, 6.07) is 7.91. The number of aromatic nitrogens is 2. The molecule has 2 aliphatic heterocycles. The molecule has 23 heavy (non-hydrogen) atoms. The summed E-state index contributed by atoms with van der Waals surface area (Å²) >= 11 is 0. The maximum atomic E-state index is 12.6. The molecule has 1 aromatic heterocycles. The zero-order chi connectivity index (χ0) is 15.8. The number of amides is 1. The second-order valence-corrected chi connectivity index (χ2v) is 6.54. The first-order chi connectivity index (χ1) is 11.2. The molecule has 4 rings (SSSR count). The second-order valence-electron chi connectivity index (χ2n) is 6.54. The molecule has 2 fully saturated rings. The Kier molecular flexibility index (Phi) is 3.79. The van der Waals surface area contributed by atoms with Gasteiger partial charge in [0.15, 0.2) is 0 Å². The Morgan fingerprint density at radius 3 is 2.83 bits per heavy atom. The molecule has 0 aliphatic carbocycles. The molecule has 0 bridgehead atoms. The van der Waals surface area contributed by atoms with Gasteiger partial charge in [-0.05, 0) is 38.1 Å². The number of para-hydroxylation sites is 2. The number of aliphatic hydroxyl groups is 1. The van der Waals surface area contributed by atoms with E-state index in [2.05, 4.69) is 9.88 Å². The van der Waals surface area contributed by atoms with E-state index in [1.165, 1.54) is 12.8 Å². The minimum atomic E-state index is -0.434. The Labute approximate surface area is 135 Å². The van der Waals surface area contributed by atoms with Gasteiger partial charge in [0.1, 0.15) is 6.54 Å². The lowest BCUT2D eigenvalue weighted by atomic mass is 10.2. The van der Waals surface area contributed by atoms with E-state index in [9.17, 15) is 9.90 Å². The maximum Gasteiger partial charge on any atom is 0.242 e. The van der Waals surface area contributed by atoms with Crippen LogP contribution in [0.25, 0.3) is 11.0 Å². The number of carbonyl (C=O) groups excluding carboxylic acids is 1. The van der Waals surface area contributed by atoms with E-state index in [1.807, 2.05) is 28.8 Å². The van der Waals surface area contributed by atoms with Crippen LogP contribution in [-0.2, 0) is 11.3 Å². The van der Waals surface area contributed by atoms with Crippen molar-refractivity contribution in [2.45, 2.75) is 31.5 Å². The van der Waals surface area contributed by atoms with Crippen LogP contribution in [0.1, 0.15) is 12.8 Å². The predicted molar refractivity (Wildman–Crippen MR) is 86.9 cm³/mol. The van der Waals surface area contributed by atoms with Crippen molar-refractivity contribution >= 4 is 16.9 Å². The van der Waals surface area contributed by atoms with E-state index in [-0.39, 0.29) is 18.5 Å². The summed E-state index contributed by atoms with van der Waals surface area (Å²) in [7, 11) is 0. The Balaban J connectivity index is 1.45. The Bertz CT molecular complexity index is 707. The molecule has 6 heteroatoms. The molecular formula is C17H22N4O2. The summed E-state index contributed by atoms with van der Waals surface area (Å²) in [5, 5.41) is 10.3. The van der Waals surface area contributed by atoms with Gasteiger partial charge >= 0.3 is 0 Å². The molecule has 0 spiro atoms. The Morgan fingerprint density at radius 2 is 2.00 bits per heavy atom. The van der Waals surface area contributed by atoms with Crippen LogP contribution in [-0.4, -0.2) is 68.7 Å². The second kappa shape index (κ2) is 5.94. The van der Waals surface area contributed by atoms with Gasteiger partial charge in [-0.1, -0.05) is 12.1 Å². The maximum absolute atomic E-state index is 12.6. The summed E-state index contributed by atoms with van der Waals surface area (Å²) in [6.45, 7) is 3.42. The molecule has 1 amide bonds. The van der Waals surface area contributed by atoms with Gasteiger partial charge in [0.2, 0.25) is 5.91 Å². The summed E-state index contributed by atoms with van der Waals surface area (Å²) in [5.74, 6) is 0.0499. The molecule has 2 aliphatic rings. The quantitative estimate of drug-likeness (QED) is 0.906. The van der Waals surface area contributed by atoms with Gasteiger partial charge in [0.05, 0.1) is 29.5 Å². The van der Waals surface area contributed by atoms with E-state index in [4.69, 9.17) is 0 Å². The van der Waals surface area contributed by atoms with Crippen LogP contribution >= 0.6 is 0 Å². The van der Waals surface area contributed by atoms with Crippen LogP contribution in [0.5, 0.6) is 0 Å². The van der Waals surface area contributed by atoms with Gasteiger partial charge in [-0.15, -0.1) is 0 Å². The molecule has 2 saturated heterocycles. The number of imidazole rings is 1. The molecule has 2 aromatic rings. The van der Waals surface area contributed by atoms with Crippen molar-refractivity contribution < 1.29 is 9.90 Å². The molecule has 1 N–H and O–H groups in total. The van der Waals surface area contributed by atoms with Gasteiger partial charge in [0.25, 0.3) is 0 Å². The van der Waals surface area contributed by atoms with Crippen LogP contribution in [0.2, 0.25) is 0 Å². The highest BCUT2D eigenvalue weighted by atomic mass is 16.3. The third-order valence-electron chi connectivity index (χ3n) is 5.05. The fourth-order valence-corrected chi connectivity index (χ4v) is 3.79. The van der Waals surface area contributed by atoms with E-state index < -0.39 is 6.10 Å². The first kappa shape index (κ1) is 14.7. The zero-order valence-corrected chi connectivity index (χ0v) is 13.1. The van der Waals surface area contributed by atoms with Crippen molar-refractivity contribution in [3.8, 4) is 0 Å². The first-order valence-electron chi connectivity index (χ1n) is 8.32. The van der Waals surface area contributed by atoms with Crippen LogP contribution in [0.4, 0.5) is 0 Å². The third-order valence-corrected chi connectivity index (χ3v) is 5.05. The highest BCUT2D eigenvalue weighted by Gasteiger charge is 2.38. The molecule has 6 nitrogen and oxygen atoms in total. The molecule has 0 radical (unpaired) electrons. The van der Waals surface area contributed by atoms with Gasteiger partial charge in [-0.2, -0.15) is 0 Å². The highest BCUT2D eigenvalue weighted by molar-refractivity contribution is 5.80. The number of benzene rings is 1. The Morgan fingerprint density at radius 1 is 1.22 bits per heavy atom. The van der Waals surface area contributed by atoms with Gasteiger partial charge in [-0.25, -0.2) is 4.98 Å². The monoisotopic (exact) mass is 314 g/mol. The van der Waals surface area contributed by atoms with Crippen LogP contribution in [0, 0.1) is 0 Å². The molecular weight excluding hydrogens is 292 g/mol. The lowest BCUT2D eigenvalue weighted by molar-refractivity contribution is -0.131. The molecule has 3 heterocycles. The standard InChI is InChI=1S/C17H22N4O2/c22-16-10-20(9-15(16)19-7-3-4-8-19)17(23)11-21-12-18-13-5-1-2-6-14(13)21/h1-2,5-6,12,15-16,22H,3-4,7-11H2/t15-,16-/m0/s1. The minimum absolute atomic E-state index is 0.0499. The van der Waals surface area contributed by atoms with Crippen molar-refractivity contribution in [2.75, 3.05) is 26.2 Å². The number of fused-ring (bicyclic) bond motifs is 1. The van der Waals surface area contributed by atoms with Crippen molar-refractivity contribution in [2.24, 2.45) is 0 Å². The van der Waals surface area contributed by atoms with Gasteiger partial charge < -0.3 is 14.6 Å². The predicted octanol–water partition coefficient (Wildman–Crippen LogP) is 0.704. The number of β-amino-alcohol motifs (C(OH)–C–C–N with tert-alkyl or cyclic N) is 1. The van der Waals surface area contributed by atoms with Crippen LogP contribution in [0.15, 0.2) is 30.6 Å². The molecule has 122 valence electrons. The molecule has 1 aromatic carbocycles. The zero-order valence-electron chi connectivity index (χ0n) is 13.1. The summed E-state index contributed by atoms with van der Waals surface area (Å²) in [4.78, 5) is 21.1. The van der Waals surface area contributed by atoms with Gasteiger partial charge in [0, 0.05) is 13.1 Å². The highest BCUT2D eigenvalue weighted by Crippen LogP contribution is 2.21. The number of rotatable bonds is 3. The lowest BCUT2D eigenvalue weighted by Gasteiger charge is -2.25. The smallest absolute Gasteiger partial charge is 0.242 e. The average molecular weight is 314 g/mol. The number of hydrogen-bond acceptors (Lipinski definition) is 4. The largest absolute Gasteiger partial charge is 0.390 e. The fourth-order valence-electron chi connectivity index (χ4n) is 3.79. The van der Waals surface area contributed by atoms with Crippen molar-refractivity contribution in [3.63, 3.8) is 0 Å². The van der Waals surface area contributed by atoms with Crippen molar-refractivity contribution in [1.29, 1.82) is 0 Å². The van der Waals surface area contributed by atoms with E-state index >= 15 is 0 Å². The summed E-state index contributed by atoms with van der Waals surface area (Å²) < 4.78 is 1.88. The average Bonchev–Trinajstić information content (AvgIpc) is 3.27. The molecule has 0 unspecified atom stereocenters. The van der Waals surface area contributed by atoms with E-state index in [0.717, 1.165) is 24.1 Å².